The van der Waals surface area contributed by atoms with Crippen molar-refractivity contribution in [2.24, 2.45) is 206 Å². The highest BCUT2D eigenvalue weighted by Gasteiger charge is 3.05. The van der Waals surface area contributed by atoms with Crippen molar-refractivity contribution in [3.05, 3.63) is 59.8 Å². The monoisotopic (exact) mass is 1150 g/mol. The van der Waals surface area contributed by atoms with Crippen LogP contribution in [0, 0.1) is 206 Å². The smallest absolute Gasteiger partial charge is 0.407 e. The predicted molar refractivity (Wildman–Crippen MR) is 305 cm³/mol. The van der Waals surface area contributed by atoms with Gasteiger partial charge in [0.15, 0.2) is 5.41 Å². The molecule has 25 aliphatic carbocycles. The number of allylic oxidation sites excluding steroid dienone is 10. The number of ether oxygens (including phenoxy) is 6. The molecule has 25 rings (SSSR count). The van der Waals surface area contributed by atoms with E-state index in [4.69, 9.17) is 28.4 Å². The molecular formula is C73H86N2O10. The molecule has 0 saturated heterocycles. The van der Waals surface area contributed by atoms with Crippen LogP contribution in [0.4, 0.5) is 9.59 Å². The summed E-state index contributed by atoms with van der Waals surface area (Å²) in [6.45, 7) is 0.930. The number of carbonyl (C=O) groups is 4. The lowest BCUT2D eigenvalue weighted by Crippen LogP contribution is -2.61. The van der Waals surface area contributed by atoms with E-state index in [-0.39, 0.29) is 88.0 Å². The number of amides is 2. The summed E-state index contributed by atoms with van der Waals surface area (Å²) in [6.07, 6.45) is 37.8. The van der Waals surface area contributed by atoms with Crippen LogP contribution in [0.15, 0.2) is 59.8 Å². The Balaban J connectivity index is 0.563. The van der Waals surface area contributed by atoms with Crippen LogP contribution >= 0.6 is 0 Å². The first-order chi connectivity index (χ1) is 41.6. The SMILES string of the molecule is O=C(NC12CC3CC(CC(C3)C1)C2)OCCOCCOC(=O)C1(C(=O)OCCOCCOC(=O)NC23CC4CC(CC(C4)C2)C3)C23C=CC4C5C=CC6C7C=CC8C9CCC%10C%11C=CC12C1C%11C2C%10C9C9C%10C%11=C(C7C89)C6C5C5C%11C(C%102)C1C3C45. The van der Waals surface area contributed by atoms with Gasteiger partial charge >= 0.3 is 24.1 Å². The van der Waals surface area contributed by atoms with Crippen LogP contribution < -0.4 is 10.6 Å². The third-order valence-electron chi connectivity index (χ3n) is 33.1. The molecule has 19 fully saturated rings. The summed E-state index contributed by atoms with van der Waals surface area (Å²) in [5.74, 6) is 19.5. The molecule has 25 aliphatic rings. The predicted octanol–water partition coefficient (Wildman–Crippen LogP) is 10.0. The van der Waals surface area contributed by atoms with Gasteiger partial charge in [0, 0.05) is 21.9 Å². The number of hydrogen-bond donors (Lipinski definition) is 2. The van der Waals surface area contributed by atoms with Crippen LogP contribution in [0.2, 0.25) is 0 Å². The highest BCUT2D eigenvalue weighted by Crippen LogP contribution is 3.02. The first-order valence-corrected chi connectivity index (χ1v) is 35.5. The van der Waals surface area contributed by atoms with Crippen molar-refractivity contribution in [2.45, 2.75) is 101 Å². The first kappa shape index (κ1) is 49.0. The fraction of sp³-hybridized carbons (Fsp3) is 0.808. The molecule has 28 unspecified atom stereocenters. The maximum absolute atomic E-state index is 16.3. The van der Waals surface area contributed by atoms with E-state index < -0.39 is 28.2 Å². The summed E-state index contributed by atoms with van der Waals surface area (Å²) in [5.41, 5.74) is 0.879. The maximum atomic E-state index is 16.3. The van der Waals surface area contributed by atoms with Crippen molar-refractivity contribution in [1.82, 2.24) is 10.6 Å². The van der Waals surface area contributed by atoms with Crippen LogP contribution in [0.3, 0.4) is 0 Å². The number of nitrogens with one attached hydrogen (secondary N) is 2. The minimum Gasteiger partial charge on any atom is -0.462 e. The normalized spacial score (nSPS) is 61.2. The van der Waals surface area contributed by atoms with Crippen LogP contribution in [0.5, 0.6) is 0 Å². The summed E-state index contributed by atoms with van der Waals surface area (Å²) >= 11 is 0. The Kier molecular flexibility index (Phi) is 9.10. The highest BCUT2D eigenvalue weighted by molar-refractivity contribution is 6.09. The average molecular weight is 1150 g/mol. The van der Waals surface area contributed by atoms with E-state index in [1.54, 1.807) is 0 Å². The first-order valence-electron chi connectivity index (χ1n) is 35.5. The molecule has 85 heavy (non-hydrogen) atoms. The number of esters is 2. The largest absolute Gasteiger partial charge is 0.462 e. The molecule has 19 saturated carbocycles. The lowest BCUT2D eigenvalue weighted by Gasteiger charge is -2.63. The number of hydrogen-bond acceptors (Lipinski definition) is 10. The van der Waals surface area contributed by atoms with Gasteiger partial charge in [-0.25, -0.2) is 9.59 Å². The number of rotatable bonds is 16. The quantitative estimate of drug-likeness (QED) is 0.0503. The fourth-order valence-corrected chi connectivity index (χ4v) is 33.9. The zero-order chi connectivity index (χ0) is 55.3. The Labute approximate surface area is 499 Å². The second kappa shape index (κ2) is 15.8. The molecular weight excluding hydrogens is 1060 g/mol. The van der Waals surface area contributed by atoms with Gasteiger partial charge in [-0.05, 0) is 279 Å². The van der Waals surface area contributed by atoms with Gasteiger partial charge in [0.25, 0.3) is 0 Å². The van der Waals surface area contributed by atoms with Gasteiger partial charge in [0.05, 0.1) is 26.4 Å². The van der Waals surface area contributed by atoms with E-state index in [9.17, 15) is 9.59 Å². The second-order valence-corrected chi connectivity index (χ2v) is 34.8. The van der Waals surface area contributed by atoms with Gasteiger partial charge in [-0.15, -0.1) is 0 Å². The van der Waals surface area contributed by atoms with Crippen molar-refractivity contribution in [1.29, 1.82) is 0 Å². The van der Waals surface area contributed by atoms with Crippen LogP contribution in [0.25, 0.3) is 0 Å². The van der Waals surface area contributed by atoms with Crippen LogP contribution in [-0.2, 0) is 38.0 Å². The van der Waals surface area contributed by atoms with E-state index in [0.717, 1.165) is 127 Å². The van der Waals surface area contributed by atoms with E-state index >= 15 is 9.59 Å². The lowest BCUT2D eigenvalue weighted by atomic mass is 9.41. The molecule has 2 spiro atoms. The van der Waals surface area contributed by atoms with Crippen molar-refractivity contribution in [3.63, 3.8) is 0 Å². The van der Waals surface area contributed by atoms with Gasteiger partial charge in [0.2, 0.25) is 0 Å². The Bertz CT molecular complexity index is 3110. The van der Waals surface area contributed by atoms with Crippen LogP contribution in [-0.4, -0.2) is 88.1 Å². The van der Waals surface area contributed by atoms with E-state index in [2.05, 4.69) is 70.4 Å². The number of alkyl carbamates (subject to hydrolysis) is 2. The molecule has 0 aromatic heterocycles. The minimum atomic E-state index is -1.53. The van der Waals surface area contributed by atoms with Crippen molar-refractivity contribution in [3.8, 4) is 0 Å². The maximum Gasteiger partial charge on any atom is 0.407 e. The van der Waals surface area contributed by atoms with Gasteiger partial charge in [-0.1, -0.05) is 59.8 Å². The van der Waals surface area contributed by atoms with E-state index in [1.807, 2.05) is 0 Å². The Morgan fingerprint density at radius 1 is 0.376 bits per heavy atom. The highest BCUT2D eigenvalue weighted by atomic mass is 16.6. The molecule has 12 nitrogen and oxygen atoms in total. The molecule has 0 aromatic rings. The Hall–Kier alpha value is -3.90. The third-order valence-corrected chi connectivity index (χ3v) is 33.1. The summed E-state index contributed by atoms with van der Waals surface area (Å²) in [5, 5.41) is 6.64. The average Bonchev–Trinajstić information content (AvgIpc) is 1.40. The molecule has 2 amide bonds. The molecule has 0 radical (unpaired) electrons. The van der Waals surface area contributed by atoms with Gasteiger partial charge in [-0.3, -0.25) is 9.59 Å². The number of fused-ring (bicyclic) bond motifs is 4. The molecule has 28 atom stereocenters. The molecule has 12 heteroatoms. The van der Waals surface area contributed by atoms with Crippen molar-refractivity contribution >= 4 is 24.1 Å². The molecule has 2 N–H and O–H groups in total. The molecule has 448 valence electrons. The molecule has 0 heterocycles. The third kappa shape index (κ3) is 5.28. The topological polar surface area (TPSA) is 148 Å². The van der Waals surface area contributed by atoms with E-state index in [1.165, 1.54) is 51.4 Å². The fourth-order valence-electron chi connectivity index (χ4n) is 33.9. The summed E-state index contributed by atoms with van der Waals surface area (Å²) < 4.78 is 37.0. The van der Waals surface area contributed by atoms with Gasteiger partial charge in [-0.2, -0.15) is 0 Å². The minimum absolute atomic E-state index is 0.00526. The zero-order valence-corrected chi connectivity index (χ0v) is 49.2. The van der Waals surface area contributed by atoms with Crippen molar-refractivity contribution in [2.75, 3.05) is 52.9 Å². The Morgan fingerprint density at radius 2 is 0.753 bits per heavy atom. The van der Waals surface area contributed by atoms with Crippen molar-refractivity contribution < 1.29 is 47.6 Å². The molecule has 0 aliphatic heterocycles. The van der Waals surface area contributed by atoms with Gasteiger partial charge < -0.3 is 39.1 Å². The summed E-state index contributed by atoms with van der Waals surface area (Å²) in [4.78, 5) is 59.1. The summed E-state index contributed by atoms with van der Waals surface area (Å²) in [6, 6.07) is 0. The molecule has 0 aromatic carbocycles. The molecule has 8 bridgehead atoms. The standard InChI is InChI=1S/C73H86N2O10/c76-65(82-15-11-80-13-17-84-67(78)74-69-25-31-19-32(26-69)21-33(20-31)27-69)73(66(77)83-16-12-81-14-18-85-68(79)75-70-28-34-22-35(29-70)24-36(23-34)30-70)71-9-7-43-41-5-3-39-37-1-2-38-40-4-6-42-44-8-10-72(71,73)64-52(44)56-50(42)48(40)54-46(38)45(37)53-47(39)49(41)55-51(43)63(71)62(64)61-59(55)57(53)58(54)60(56)61/h1-3,5,7-10,31-52,54-56,58-64H,4,6,11-30H2,(H,74,78)(H,75,79). The summed E-state index contributed by atoms with van der Waals surface area (Å²) in [7, 11) is 0. The zero-order valence-electron chi connectivity index (χ0n) is 49.2. The van der Waals surface area contributed by atoms with Crippen LogP contribution in [0.1, 0.15) is 89.9 Å². The Morgan fingerprint density at radius 3 is 1.28 bits per heavy atom. The second-order valence-electron chi connectivity index (χ2n) is 34.8. The van der Waals surface area contributed by atoms with Gasteiger partial charge in [0.1, 0.15) is 26.4 Å². The lowest BCUT2D eigenvalue weighted by molar-refractivity contribution is -0.187. The van der Waals surface area contributed by atoms with E-state index in [0.29, 0.717) is 88.8 Å². The number of carbonyl (C=O) groups excluding carboxylic acids is 4.